The van der Waals surface area contributed by atoms with Crippen LogP contribution in [0.1, 0.15) is 344 Å². The summed E-state index contributed by atoms with van der Waals surface area (Å²) in [5, 5.41) is 10.6. The Hall–Kier alpha value is -1.94. The van der Waals surface area contributed by atoms with Crippen LogP contribution in [0.3, 0.4) is 0 Å². The highest BCUT2D eigenvalue weighted by Gasteiger charge is 2.30. The normalized spacial score (nSPS) is 14.2. The molecule has 2 unspecified atom stereocenters. The Labute approximate surface area is 537 Å². The van der Waals surface area contributed by atoms with Crippen LogP contribution in [0.4, 0.5) is 0 Å². The summed E-state index contributed by atoms with van der Waals surface area (Å²) in [7, 11) is -9.90. The maximum atomic E-state index is 13.0. The van der Waals surface area contributed by atoms with Crippen molar-refractivity contribution in [2.75, 3.05) is 39.6 Å². The summed E-state index contributed by atoms with van der Waals surface area (Å²) in [6.07, 6.45) is 43.0. The van der Waals surface area contributed by atoms with Gasteiger partial charge in [0, 0.05) is 25.7 Å². The summed E-state index contributed by atoms with van der Waals surface area (Å²) >= 11 is 0. The predicted molar refractivity (Wildman–Crippen MR) is 354 cm³/mol. The molecule has 0 aromatic heterocycles. The molecule has 88 heavy (non-hydrogen) atoms. The second-order valence-corrected chi connectivity index (χ2v) is 29.3. The van der Waals surface area contributed by atoms with E-state index in [1.807, 2.05) is 0 Å². The number of aliphatic hydroxyl groups is 1. The molecule has 0 amide bonds. The van der Waals surface area contributed by atoms with E-state index in [2.05, 4.69) is 48.5 Å². The molecular formula is C69H134O17P2. The molecule has 0 aromatic rings. The van der Waals surface area contributed by atoms with Crippen LogP contribution in [-0.4, -0.2) is 96.7 Å². The van der Waals surface area contributed by atoms with Gasteiger partial charge in [-0.15, -0.1) is 0 Å². The number of carbonyl (C=O) groups is 4. The first-order chi connectivity index (χ1) is 42.2. The van der Waals surface area contributed by atoms with Crippen LogP contribution in [0, 0.1) is 17.8 Å². The van der Waals surface area contributed by atoms with Crippen molar-refractivity contribution in [3.8, 4) is 0 Å². The van der Waals surface area contributed by atoms with Crippen LogP contribution in [0.5, 0.6) is 0 Å². The van der Waals surface area contributed by atoms with Gasteiger partial charge in [-0.1, -0.05) is 292 Å². The monoisotopic (exact) mass is 1300 g/mol. The van der Waals surface area contributed by atoms with Crippen LogP contribution >= 0.6 is 15.6 Å². The lowest BCUT2D eigenvalue weighted by molar-refractivity contribution is -0.161. The number of esters is 4. The van der Waals surface area contributed by atoms with Gasteiger partial charge in [0.25, 0.3) is 0 Å². The zero-order valence-electron chi connectivity index (χ0n) is 57.2. The standard InChI is InChI=1S/C69H134O17P2/c1-8-9-10-11-12-13-14-17-22-30-38-45-52-68(73)86-65(57-80-67(72)51-44-37-32-25-28-35-42-49-62(6)7)59-84-88(77,78)82-55-63(70)54-81-87(75,76)83-58-64(56-79-66(71)50-43-36-29-24-19-21-27-34-41-48-61(4)5)85-69(74)53-46-39-31-23-18-15-16-20-26-33-40-47-60(2)3/h60-65,70H,8-59H2,1-7H3,(H,75,76)(H,77,78)/t63-,64-,65-/m1/s1. The summed E-state index contributed by atoms with van der Waals surface area (Å²) < 4.78 is 68.2. The molecule has 0 radical (unpaired) electrons. The van der Waals surface area contributed by atoms with Gasteiger partial charge >= 0.3 is 39.5 Å². The molecule has 0 aliphatic rings. The molecule has 0 saturated heterocycles. The SMILES string of the molecule is CCCCCCCCCCCCCCC(=O)O[C@H](COC(=O)CCCCCCCCCC(C)C)COP(=O)(O)OC[C@H](O)COP(=O)(O)OC[C@@H](COC(=O)CCCCCCCCCCCC(C)C)OC(=O)CCCCCCCCCCCCCC(C)C. The number of ether oxygens (including phenoxy) is 4. The van der Waals surface area contributed by atoms with Crippen molar-refractivity contribution in [2.24, 2.45) is 17.8 Å². The fourth-order valence-corrected chi connectivity index (χ4v) is 11.9. The van der Waals surface area contributed by atoms with Crippen LogP contribution in [0.2, 0.25) is 0 Å². The highest BCUT2D eigenvalue weighted by molar-refractivity contribution is 7.47. The summed E-state index contributed by atoms with van der Waals surface area (Å²) in [6, 6.07) is 0. The number of phosphoric acid groups is 2. The van der Waals surface area contributed by atoms with Crippen molar-refractivity contribution in [3.63, 3.8) is 0 Å². The lowest BCUT2D eigenvalue weighted by Crippen LogP contribution is -2.30. The van der Waals surface area contributed by atoms with E-state index in [1.165, 1.54) is 148 Å². The fourth-order valence-electron chi connectivity index (χ4n) is 10.4. The van der Waals surface area contributed by atoms with Gasteiger partial charge < -0.3 is 33.8 Å². The Balaban J connectivity index is 5.26. The summed E-state index contributed by atoms with van der Waals surface area (Å²) in [5.41, 5.74) is 0. The second kappa shape index (κ2) is 60.0. The zero-order chi connectivity index (χ0) is 65.2. The van der Waals surface area contributed by atoms with Crippen LogP contribution in [-0.2, 0) is 65.4 Å². The first-order valence-corrected chi connectivity index (χ1v) is 38.8. The first-order valence-electron chi connectivity index (χ1n) is 35.8. The van der Waals surface area contributed by atoms with E-state index in [0.717, 1.165) is 108 Å². The third-order valence-electron chi connectivity index (χ3n) is 15.9. The molecular weight excluding hydrogens is 1160 g/mol. The van der Waals surface area contributed by atoms with Gasteiger partial charge in [-0.2, -0.15) is 0 Å². The minimum absolute atomic E-state index is 0.106. The van der Waals surface area contributed by atoms with E-state index in [0.29, 0.717) is 31.6 Å². The average Bonchev–Trinajstić information content (AvgIpc) is 3.62. The van der Waals surface area contributed by atoms with Crippen LogP contribution in [0.25, 0.3) is 0 Å². The quantitative estimate of drug-likeness (QED) is 0.0222. The molecule has 3 N–H and O–H groups in total. The van der Waals surface area contributed by atoms with Crippen molar-refractivity contribution in [2.45, 2.75) is 362 Å². The van der Waals surface area contributed by atoms with Crippen LogP contribution in [0.15, 0.2) is 0 Å². The average molecular weight is 1300 g/mol. The highest BCUT2D eigenvalue weighted by atomic mass is 31.2. The molecule has 0 heterocycles. The molecule has 0 rings (SSSR count). The smallest absolute Gasteiger partial charge is 0.462 e. The zero-order valence-corrected chi connectivity index (χ0v) is 59.0. The highest BCUT2D eigenvalue weighted by Crippen LogP contribution is 2.45. The van der Waals surface area contributed by atoms with Crippen molar-refractivity contribution in [3.05, 3.63) is 0 Å². The number of unbranched alkanes of at least 4 members (excludes halogenated alkanes) is 35. The Morgan fingerprint density at radius 2 is 0.523 bits per heavy atom. The van der Waals surface area contributed by atoms with E-state index in [9.17, 15) is 43.2 Å². The molecule has 0 saturated carbocycles. The van der Waals surface area contributed by atoms with E-state index < -0.39 is 97.5 Å². The number of hydrogen-bond acceptors (Lipinski definition) is 15. The minimum Gasteiger partial charge on any atom is -0.462 e. The van der Waals surface area contributed by atoms with Gasteiger partial charge in [-0.25, -0.2) is 9.13 Å². The second-order valence-electron chi connectivity index (χ2n) is 26.3. The van der Waals surface area contributed by atoms with Gasteiger partial charge in [0.15, 0.2) is 12.2 Å². The number of carbonyl (C=O) groups excluding carboxylic acids is 4. The Kier molecular flexibility index (Phi) is 58.7. The van der Waals surface area contributed by atoms with Crippen molar-refractivity contribution in [1.29, 1.82) is 0 Å². The molecule has 0 aliphatic carbocycles. The molecule has 0 aromatic carbocycles. The third kappa shape index (κ3) is 62.8. The molecule has 0 aliphatic heterocycles. The van der Waals surface area contributed by atoms with Crippen LogP contribution < -0.4 is 0 Å². The molecule has 0 fully saturated rings. The molecule has 0 spiro atoms. The minimum atomic E-state index is -4.95. The van der Waals surface area contributed by atoms with Gasteiger partial charge in [0.1, 0.15) is 19.3 Å². The van der Waals surface area contributed by atoms with Crippen molar-refractivity contribution >= 4 is 39.5 Å². The molecule has 0 bridgehead atoms. The Morgan fingerprint density at radius 1 is 0.307 bits per heavy atom. The molecule has 19 heteroatoms. The van der Waals surface area contributed by atoms with E-state index in [-0.39, 0.29) is 25.7 Å². The number of aliphatic hydroxyl groups excluding tert-OH is 1. The summed E-state index contributed by atoms with van der Waals surface area (Å²) in [5.74, 6) is 0.0868. The van der Waals surface area contributed by atoms with E-state index in [4.69, 9.17) is 37.0 Å². The predicted octanol–water partition coefficient (Wildman–Crippen LogP) is 19.5. The fraction of sp³-hybridized carbons (Fsp3) is 0.942. The van der Waals surface area contributed by atoms with E-state index >= 15 is 0 Å². The van der Waals surface area contributed by atoms with Gasteiger partial charge in [0.05, 0.1) is 26.4 Å². The number of phosphoric ester groups is 2. The lowest BCUT2D eigenvalue weighted by Gasteiger charge is -2.21. The topological polar surface area (TPSA) is 237 Å². The van der Waals surface area contributed by atoms with Gasteiger partial charge in [0.2, 0.25) is 0 Å². The van der Waals surface area contributed by atoms with E-state index in [1.54, 1.807) is 0 Å². The first kappa shape index (κ1) is 86.1. The maximum absolute atomic E-state index is 13.0. The summed E-state index contributed by atoms with van der Waals surface area (Å²) in [4.78, 5) is 72.5. The molecule has 17 nitrogen and oxygen atoms in total. The van der Waals surface area contributed by atoms with Gasteiger partial charge in [-0.05, 0) is 43.4 Å². The van der Waals surface area contributed by atoms with Crippen molar-refractivity contribution < 1.29 is 80.2 Å². The van der Waals surface area contributed by atoms with Gasteiger partial charge in [-0.3, -0.25) is 37.3 Å². The number of hydrogen-bond donors (Lipinski definition) is 3. The Morgan fingerprint density at radius 3 is 0.773 bits per heavy atom. The summed E-state index contributed by atoms with van der Waals surface area (Å²) in [6.45, 7) is 11.8. The molecule has 522 valence electrons. The van der Waals surface area contributed by atoms with Crippen molar-refractivity contribution in [1.82, 2.24) is 0 Å². The third-order valence-corrected chi connectivity index (χ3v) is 17.8. The number of rotatable bonds is 67. The molecule has 5 atom stereocenters. The Bertz CT molecular complexity index is 1730. The maximum Gasteiger partial charge on any atom is 0.472 e. The lowest BCUT2D eigenvalue weighted by atomic mass is 10.0. The largest absolute Gasteiger partial charge is 0.472 e.